The number of nitrogens with one attached hydrogen (secondary N) is 2. The number of benzene rings is 1. The van der Waals surface area contributed by atoms with Crippen LogP contribution in [0.4, 0.5) is 14.5 Å². The van der Waals surface area contributed by atoms with Crippen LogP contribution in [-0.2, 0) is 4.79 Å². The van der Waals surface area contributed by atoms with Crippen molar-refractivity contribution in [3.63, 3.8) is 0 Å². The molecule has 3 fully saturated rings. The maximum Gasteiger partial charge on any atom is 0.315 e. The Morgan fingerprint density at radius 2 is 1.90 bits per heavy atom. The van der Waals surface area contributed by atoms with Crippen molar-refractivity contribution in [2.24, 2.45) is 5.92 Å². The van der Waals surface area contributed by atoms with Crippen molar-refractivity contribution in [2.75, 3.05) is 18.4 Å². The number of nitrogens with zero attached hydrogens (tertiary/aromatic N) is 1. The molecule has 1 aromatic carbocycles. The van der Waals surface area contributed by atoms with Gasteiger partial charge in [0.2, 0.25) is 0 Å². The average molecular weight is 452 g/mol. The van der Waals surface area contributed by atoms with E-state index in [9.17, 15) is 18.4 Å². The normalized spacial score (nSPS) is 25.3. The van der Waals surface area contributed by atoms with Crippen LogP contribution in [0.3, 0.4) is 0 Å². The maximum atomic E-state index is 12.8. The predicted octanol–water partition coefficient (Wildman–Crippen LogP) is 4.32. The van der Waals surface area contributed by atoms with Crippen molar-refractivity contribution in [3.8, 4) is 0 Å². The third-order valence-electron chi connectivity index (χ3n) is 5.83. The van der Waals surface area contributed by atoms with E-state index in [2.05, 4.69) is 22.5 Å². The topological polar surface area (TPSA) is 61.4 Å². The van der Waals surface area contributed by atoms with E-state index in [1.54, 1.807) is 30.3 Å². The van der Waals surface area contributed by atoms with Crippen LogP contribution in [0.15, 0.2) is 45.5 Å². The van der Waals surface area contributed by atoms with Crippen LogP contribution >= 0.6 is 23.1 Å². The van der Waals surface area contributed by atoms with Crippen LogP contribution in [0.2, 0.25) is 0 Å². The fraction of sp³-hybridized carbons (Fsp3) is 0.429. The quantitative estimate of drug-likeness (QED) is 0.687. The number of hydrogen-bond donors (Lipinski definition) is 2. The molecule has 2 aromatic rings. The second-order valence-electron chi connectivity index (χ2n) is 7.62. The summed E-state index contributed by atoms with van der Waals surface area (Å²) >= 11 is 2.69. The summed E-state index contributed by atoms with van der Waals surface area (Å²) in [4.78, 5) is 27.9. The van der Waals surface area contributed by atoms with Gasteiger partial charge in [-0.1, -0.05) is 23.9 Å². The highest BCUT2D eigenvalue weighted by Gasteiger charge is 2.40. The summed E-state index contributed by atoms with van der Waals surface area (Å²) in [6.45, 7) is 4.40. The number of anilines is 1. The molecular weight excluding hydrogens is 428 g/mol. The number of alkyl halides is 2. The Hall–Kier alpha value is -1.97. The molecule has 2 unspecified atom stereocenters. The highest BCUT2D eigenvalue weighted by Crippen LogP contribution is 2.38. The number of piperidine rings is 3. The van der Waals surface area contributed by atoms with Gasteiger partial charge in [0.25, 0.3) is 11.8 Å². The van der Waals surface area contributed by atoms with Crippen molar-refractivity contribution in [1.29, 1.82) is 0 Å². The molecule has 2 amide bonds. The number of fused-ring (bicyclic) bond motifs is 3. The highest BCUT2D eigenvalue weighted by atomic mass is 32.2. The van der Waals surface area contributed by atoms with E-state index in [4.69, 9.17) is 0 Å². The van der Waals surface area contributed by atoms with Crippen molar-refractivity contribution in [3.05, 3.63) is 41.3 Å². The Balaban J connectivity index is 1.42. The van der Waals surface area contributed by atoms with Gasteiger partial charge < -0.3 is 10.6 Å². The standard InChI is InChI=1S/C21H23F2N3O2S2/c1-12-18(13-8-10-26(12)11-9-13)25-20(27)16-6-7-17(30-16)29-15-5-3-2-4-14(15)24-21(28)19(22)23/h2-7,12-13,18-19H,8-11H2,1H3,(H,24,28)(H,25,27). The molecule has 0 radical (unpaired) electrons. The summed E-state index contributed by atoms with van der Waals surface area (Å²) in [5.41, 5.74) is 0.327. The Labute approximate surface area is 182 Å². The first kappa shape index (κ1) is 21.3. The van der Waals surface area contributed by atoms with Gasteiger partial charge >= 0.3 is 6.43 Å². The van der Waals surface area contributed by atoms with E-state index < -0.39 is 12.3 Å². The summed E-state index contributed by atoms with van der Waals surface area (Å²) in [5, 5.41) is 5.47. The number of rotatable bonds is 6. The molecule has 3 aliphatic heterocycles. The molecule has 4 heterocycles. The zero-order chi connectivity index (χ0) is 21.3. The van der Waals surface area contributed by atoms with Crippen LogP contribution < -0.4 is 10.6 Å². The molecule has 2 bridgehead atoms. The lowest BCUT2D eigenvalue weighted by atomic mass is 9.79. The molecule has 5 nitrogen and oxygen atoms in total. The van der Waals surface area contributed by atoms with Gasteiger partial charge in [0.15, 0.2) is 0 Å². The van der Waals surface area contributed by atoms with Gasteiger partial charge in [0, 0.05) is 17.0 Å². The summed E-state index contributed by atoms with van der Waals surface area (Å²) in [5.74, 6) is -0.870. The second kappa shape index (κ2) is 9.03. The van der Waals surface area contributed by atoms with Crippen LogP contribution in [0.1, 0.15) is 29.4 Å². The molecule has 0 saturated carbocycles. The van der Waals surface area contributed by atoms with Gasteiger partial charge in [-0.15, -0.1) is 11.3 Å². The fourth-order valence-corrected chi connectivity index (χ4v) is 6.29. The SMILES string of the molecule is CC1C(NC(=O)c2ccc(Sc3ccccc3NC(=O)C(F)F)s2)C2CCN1CC2. The van der Waals surface area contributed by atoms with Gasteiger partial charge in [-0.3, -0.25) is 14.5 Å². The van der Waals surface area contributed by atoms with Gasteiger partial charge in [0.05, 0.1) is 14.8 Å². The molecule has 30 heavy (non-hydrogen) atoms. The maximum absolute atomic E-state index is 12.8. The first-order valence-electron chi connectivity index (χ1n) is 9.93. The highest BCUT2D eigenvalue weighted by molar-refractivity contribution is 8.01. The van der Waals surface area contributed by atoms with E-state index in [0.29, 0.717) is 27.4 Å². The Morgan fingerprint density at radius 1 is 1.17 bits per heavy atom. The number of halogens is 2. The summed E-state index contributed by atoms with van der Waals surface area (Å²) in [6, 6.07) is 10.9. The zero-order valence-corrected chi connectivity index (χ0v) is 18.1. The van der Waals surface area contributed by atoms with Crippen LogP contribution in [0.5, 0.6) is 0 Å². The molecule has 3 saturated heterocycles. The van der Waals surface area contributed by atoms with Crippen molar-refractivity contribution in [1.82, 2.24) is 10.2 Å². The molecule has 160 valence electrons. The Morgan fingerprint density at radius 3 is 2.60 bits per heavy atom. The molecule has 0 aliphatic carbocycles. The van der Waals surface area contributed by atoms with Gasteiger partial charge in [-0.05, 0) is 63.0 Å². The van der Waals surface area contributed by atoms with Crippen LogP contribution in [-0.4, -0.2) is 48.3 Å². The lowest BCUT2D eigenvalue weighted by molar-refractivity contribution is -0.126. The molecule has 2 atom stereocenters. The molecule has 3 aliphatic rings. The molecular formula is C21H23F2N3O2S2. The number of hydrogen-bond acceptors (Lipinski definition) is 5. The van der Waals surface area contributed by atoms with Crippen LogP contribution in [0.25, 0.3) is 0 Å². The number of carbonyl (C=O) groups is 2. The third kappa shape index (κ3) is 4.53. The summed E-state index contributed by atoms with van der Waals surface area (Å²) in [7, 11) is 0. The molecule has 0 spiro atoms. The molecule has 1 aromatic heterocycles. The van der Waals surface area contributed by atoms with Crippen LogP contribution in [0, 0.1) is 5.92 Å². The van der Waals surface area contributed by atoms with E-state index in [1.165, 1.54) is 23.1 Å². The summed E-state index contributed by atoms with van der Waals surface area (Å²) < 4.78 is 26.0. The first-order chi connectivity index (χ1) is 14.4. The second-order valence-corrected chi connectivity index (χ2v) is 10.0. The number of amides is 2. The minimum absolute atomic E-state index is 0.0725. The van der Waals surface area contributed by atoms with E-state index in [0.717, 1.165) is 30.1 Å². The van der Waals surface area contributed by atoms with E-state index >= 15 is 0 Å². The van der Waals surface area contributed by atoms with Crippen molar-refractivity contribution >= 4 is 40.6 Å². The summed E-state index contributed by atoms with van der Waals surface area (Å²) in [6.07, 6.45) is -0.821. The molecule has 5 rings (SSSR count). The lowest BCUT2D eigenvalue weighted by Gasteiger charge is -2.49. The molecule has 9 heteroatoms. The fourth-order valence-electron chi connectivity index (χ4n) is 4.22. The number of thiophene rings is 1. The van der Waals surface area contributed by atoms with Gasteiger partial charge in [-0.2, -0.15) is 8.78 Å². The number of carbonyl (C=O) groups excluding carboxylic acids is 2. The Kier molecular flexibility index (Phi) is 6.40. The predicted molar refractivity (Wildman–Crippen MR) is 115 cm³/mol. The minimum Gasteiger partial charge on any atom is -0.347 e. The zero-order valence-electron chi connectivity index (χ0n) is 16.4. The van der Waals surface area contributed by atoms with Crippen molar-refractivity contribution in [2.45, 2.75) is 47.4 Å². The van der Waals surface area contributed by atoms with Gasteiger partial charge in [0.1, 0.15) is 0 Å². The van der Waals surface area contributed by atoms with E-state index in [-0.39, 0.29) is 11.9 Å². The third-order valence-corrected chi connectivity index (χ3v) is 8.13. The van der Waals surface area contributed by atoms with Crippen molar-refractivity contribution < 1.29 is 18.4 Å². The first-order valence-corrected chi connectivity index (χ1v) is 11.6. The molecule has 2 N–H and O–H groups in total. The van der Waals surface area contributed by atoms with E-state index in [1.807, 2.05) is 6.07 Å². The monoisotopic (exact) mass is 451 g/mol. The largest absolute Gasteiger partial charge is 0.347 e. The smallest absolute Gasteiger partial charge is 0.315 e. The number of para-hydroxylation sites is 1. The average Bonchev–Trinajstić information content (AvgIpc) is 3.21. The lowest BCUT2D eigenvalue weighted by Crippen LogP contribution is -2.62. The minimum atomic E-state index is -3.08. The Bertz CT molecular complexity index is 926. The van der Waals surface area contributed by atoms with Gasteiger partial charge in [-0.25, -0.2) is 0 Å².